The fourth-order valence-electron chi connectivity index (χ4n) is 5.55. The second-order valence-corrected chi connectivity index (χ2v) is 10.6. The number of methoxy groups -OCH3 is 3. The molecule has 2 N–H and O–H groups in total. The number of aromatic nitrogens is 2. The number of rotatable bonds is 10. The van der Waals surface area contributed by atoms with Crippen molar-refractivity contribution in [3.63, 3.8) is 0 Å². The highest BCUT2D eigenvalue weighted by Gasteiger charge is 2.19. The van der Waals surface area contributed by atoms with Crippen molar-refractivity contribution < 1.29 is 19.0 Å². The van der Waals surface area contributed by atoms with Gasteiger partial charge in [0.05, 0.1) is 26.8 Å². The van der Waals surface area contributed by atoms with Crippen LogP contribution in [0.15, 0.2) is 85.2 Å². The summed E-state index contributed by atoms with van der Waals surface area (Å²) < 4.78 is 16.3. The van der Waals surface area contributed by atoms with Crippen LogP contribution >= 0.6 is 0 Å². The summed E-state index contributed by atoms with van der Waals surface area (Å²) in [6, 6.07) is 25.6. The largest absolute Gasteiger partial charge is 0.497 e. The molecule has 44 heavy (non-hydrogen) atoms. The molecule has 0 unspecified atom stereocenters. The average molecular weight is 590 g/mol. The highest BCUT2D eigenvalue weighted by atomic mass is 16.5. The highest BCUT2D eigenvalue weighted by Crippen LogP contribution is 2.33. The van der Waals surface area contributed by atoms with Gasteiger partial charge in [0.15, 0.2) is 11.5 Å². The Morgan fingerprint density at radius 1 is 0.841 bits per heavy atom. The number of benzene rings is 4. The molecule has 6 rings (SSSR count). The van der Waals surface area contributed by atoms with Crippen molar-refractivity contribution >= 4 is 28.3 Å². The minimum atomic E-state index is -0.0861. The Kier molecular flexibility index (Phi) is 8.56. The van der Waals surface area contributed by atoms with E-state index in [0.717, 1.165) is 71.0 Å². The maximum absolute atomic E-state index is 12.9. The normalized spacial score (nSPS) is 12.8. The van der Waals surface area contributed by atoms with Crippen LogP contribution in [0.3, 0.4) is 0 Å². The van der Waals surface area contributed by atoms with Gasteiger partial charge in [-0.25, -0.2) is 9.97 Å². The quantitative estimate of drug-likeness (QED) is 0.209. The minimum Gasteiger partial charge on any atom is -0.497 e. The number of anilines is 2. The molecular weight excluding hydrogens is 554 g/mol. The maximum Gasteiger partial charge on any atom is 0.251 e. The number of nitrogens with one attached hydrogen (secondary N) is 2. The Labute approximate surface area is 256 Å². The van der Waals surface area contributed by atoms with E-state index >= 15 is 0 Å². The van der Waals surface area contributed by atoms with Gasteiger partial charge < -0.3 is 24.8 Å². The third-order valence-corrected chi connectivity index (χ3v) is 7.96. The summed E-state index contributed by atoms with van der Waals surface area (Å²) in [4.78, 5) is 24.2. The maximum atomic E-state index is 12.9. The number of amides is 1. The number of carbonyl (C=O) groups is 1. The van der Waals surface area contributed by atoms with E-state index in [1.54, 1.807) is 27.7 Å². The zero-order chi connectivity index (χ0) is 30.5. The molecule has 9 nitrogen and oxygen atoms in total. The molecule has 1 aliphatic heterocycles. The van der Waals surface area contributed by atoms with Gasteiger partial charge in [-0.15, -0.1) is 0 Å². The van der Waals surface area contributed by atoms with E-state index in [4.69, 9.17) is 14.2 Å². The van der Waals surface area contributed by atoms with Crippen LogP contribution in [-0.2, 0) is 13.0 Å². The number of carbonyl (C=O) groups excluding carboxylic acids is 1. The van der Waals surface area contributed by atoms with Crippen LogP contribution in [0.25, 0.3) is 22.0 Å². The summed E-state index contributed by atoms with van der Waals surface area (Å²) in [6.07, 6.45) is 2.49. The Morgan fingerprint density at radius 2 is 1.61 bits per heavy atom. The Balaban J connectivity index is 1.08. The van der Waals surface area contributed by atoms with Gasteiger partial charge in [0.2, 0.25) is 0 Å². The topological polar surface area (TPSA) is 97.8 Å². The van der Waals surface area contributed by atoms with Crippen LogP contribution in [0.5, 0.6) is 17.2 Å². The van der Waals surface area contributed by atoms with Crippen LogP contribution in [0.2, 0.25) is 0 Å². The van der Waals surface area contributed by atoms with Gasteiger partial charge in [0, 0.05) is 48.9 Å². The molecule has 1 aromatic heterocycles. The molecule has 2 heterocycles. The number of fused-ring (bicyclic) bond motifs is 2. The fraction of sp³-hybridized carbons (Fsp3) is 0.229. The van der Waals surface area contributed by atoms with E-state index in [-0.39, 0.29) is 5.91 Å². The van der Waals surface area contributed by atoms with Gasteiger partial charge in [-0.05, 0) is 77.2 Å². The lowest BCUT2D eigenvalue weighted by atomic mass is 9.99. The lowest BCUT2D eigenvalue weighted by Gasteiger charge is -2.29. The van der Waals surface area contributed by atoms with E-state index in [1.165, 1.54) is 11.1 Å². The number of hydrogen-bond acceptors (Lipinski definition) is 8. The van der Waals surface area contributed by atoms with E-state index in [1.807, 2.05) is 60.7 Å². The molecule has 0 fully saturated rings. The zero-order valence-electron chi connectivity index (χ0n) is 25.1. The number of nitrogens with zero attached hydrogens (tertiary/aromatic N) is 3. The first-order valence-corrected chi connectivity index (χ1v) is 14.5. The molecule has 9 heteroatoms. The molecule has 0 radical (unpaired) electrons. The van der Waals surface area contributed by atoms with Crippen molar-refractivity contribution in [1.29, 1.82) is 0 Å². The van der Waals surface area contributed by atoms with E-state index < -0.39 is 0 Å². The highest BCUT2D eigenvalue weighted by molar-refractivity contribution is 5.96. The lowest BCUT2D eigenvalue weighted by Crippen LogP contribution is -2.37. The van der Waals surface area contributed by atoms with Crippen LogP contribution in [0, 0.1) is 0 Å². The smallest absolute Gasteiger partial charge is 0.251 e. The minimum absolute atomic E-state index is 0.0861. The van der Waals surface area contributed by atoms with Crippen LogP contribution in [-0.4, -0.2) is 61.7 Å². The molecule has 0 spiro atoms. The van der Waals surface area contributed by atoms with Crippen LogP contribution < -0.4 is 24.8 Å². The van der Waals surface area contributed by atoms with Crippen molar-refractivity contribution in [2.75, 3.05) is 46.3 Å². The average Bonchev–Trinajstić information content (AvgIpc) is 3.07. The van der Waals surface area contributed by atoms with Gasteiger partial charge in [-0.1, -0.05) is 24.3 Å². The van der Waals surface area contributed by atoms with Gasteiger partial charge >= 0.3 is 0 Å². The molecule has 0 aliphatic carbocycles. The molecule has 5 aromatic rings. The summed E-state index contributed by atoms with van der Waals surface area (Å²) >= 11 is 0. The zero-order valence-corrected chi connectivity index (χ0v) is 25.1. The molecular formula is C35H35N5O4. The Morgan fingerprint density at radius 3 is 2.39 bits per heavy atom. The van der Waals surface area contributed by atoms with Crippen molar-refractivity contribution in [3.8, 4) is 28.4 Å². The molecule has 224 valence electrons. The first-order chi connectivity index (χ1) is 21.5. The van der Waals surface area contributed by atoms with Gasteiger partial charge in [-0.2, -0.15) is 0 Å². The van der Waals surface area contributed by atoms with Gasteiger partial charge in [-0.3, -0.25) is 9.69 Å². The summed E-state index contributed by atoms with van der Waals surface area (Å²) in [5, 5.41) is 7.35. The number of ether oxygens (including phenoxy) is 3. The van der Waals surface area contributed by atoms with Crippen molar-refractivity contribution in [1.82, 2.24) is 20.2 Å². The van der Waals surface area contributed by atoms with Crippen LogP contribution in [0.1, 0.15) is 21.5 Å². The molecule has 0 atom stereocenters. The first kappa shape index (κ1) is 28.9. The second-order valence-electron chi connectivity index (χ2n) is 10.6. The molecule has 0 saturated heterocycles. The van der Waals surface area contributed by atoms with Crippen LogP contribution in [0.4, 0.5) is 11.5 Å². The van der Waals surface area contributed by atoms with Gasteiger partial charge in [0.25, 0.3) is 5.91 Å². The summed E-state index contributed by atoms with van der Waals surface area (Å²) in [6.45, 7) is 3.08. The summed E-state index contributed by atoms with van der Waals surface area (Å²) in [5.41, 5.74) is 6.85. The van der Waals surface area contributed by atoms with E-state index in [9.17, 15) is 4.79 Å². The first-order valence-electron chi connectivity index (χ1n) is 14.5. The molecule has 0 bridgehead atoms. The number of hydrogen-bond donors (Lipinski definition) is 2. The molecule has 4 aromatic carbocycles. The predicted molar refractivity (Wildman–Crippen MR) is 172 cm³/mol. The SMILES string of the molecule is COc1cccc(Nc2ncnc3ccc(-c4ccc(C(=O)NCCN5CCc6cc(OC)c(OC)cc6C5)cc4)cc23)c1. The van der Waals surface area contributed by atoms with E-state index in [0.29, 0.717) is 17.9 Å². The summed E-state index contributed by atoms with van der Waals surface area (Å²) in [7, 11) is 4.96. The van der Waals surface area contributed by atoms with Crippen molar-refractivity contribution in [2.45, 2.75) is 13.0 Å². The predicted octanol–water partition coefficient (Wildman–Crippen LogP) is 5.85. The molecule has 0 saturated carbocycles. The monoisotopic (exact) mass is 589 g/mol. The lowest BCUT2D eigenvalue weighted by molar-refractivity contribution is 0.0947. The summed E-state index contributed by atoms with van der Waals surface area (Å²) in [5.74, 6) is 2.89. The van der Waals surface area contributed by atoms with E-state index in [2.05, 4.69) is 43.7 Å². The Bertz CT molecular complexity index is 1790. The standard InChI is InChI=1S/C35H35N5O4/c1-42-29-6-4-5-28(20-29)39-34-30-17-25(11-12-31(30)37-22-38-34)23-7-9-24(10-8-23)35(41)36-14-16-40-15-13-26-18-32(43-2)33(44-3)19-27(26)21-40/h4-12,17-20,22H,13-16,21H2,1-3H3,(H,36,41)(H,37,38,39). The Hall–Kier alpha value is -5.15. The third-order valence-electron chi connectivity index (χ3n) is 7.96. The second kappa shape index (κ2) is 13.0. The fourth-order valence-corrected chi connectivity index (χ4v) is 5.55. The van der Waals surface area contributed by atoms with Crippen molar-refractivity contribution in [2.24, 2.45) is 0 Å². The van der Waals surface area contributed by atoms with Crippen molar-refractivity contribution in [3.05, 3.63) is 102 Å². The van der Waals surface area contributed by atoms with Gasteiger partial charge in [0.1, 0.15) is 17.9 Å². The third kappa shape index (κ3) is 6.28. The molecule has 1 aliphatic rings. The molecule has 1 amide bonds.